The fourth-order valence-electron chi connectivity index (χ4n) is 2.23. The van der Waals surface area contributed by atoms with Crippen LogP contribution in [0.2, 0.25) is 5.02 Å². The van der Waals surface area contributed by atoms with E-state index in [4.69, 9.17) is 16.3 Å². The number of rotatable bonds is 8. The first-order valence-corrected chi connectivity index (χ1v) is 7.70. The molecule has 1 aliphatic rings. The van der Waals surface area contributed by atoms with Gasteiger partial charge in [-0.2, -0.15) is 0 Å². The van der Waals surface area contributed by atoms with E-state index in [1.165, 1.54) is 18.4 Å². The Morgan fingerprint density at radius 1 is 1.30 bits per heavy atom. The van der Waals surface area contributed by atoms with Gasteiger partial charge in [0.2, 0.25) is 0 Å². The summed E-state index contributed by atoms with van der Waals surface area (Å²) in [4.78, 5) is 2.34. The molecule has 4 heteroatoms. The molecule has 1 fully saturated rings. The van der Waals surface area contributed by atoms with Gasteiger partial charge in [0.05, 0.1) is 18.8 Å². The van der Waals surface area contributed by atoms with E-state index >= 15 is 0 Å². The van der Waals surface area contributed by atoms with E-state index in [-0.39, 0.29) is 6.10 Å². The Morgan fingerprint density at radius 2 is 1.95 bits per heavy atom. The SMILES string of the molecule is CC(C)OCC(O)CN(Cc1ccc(Cl)cc1)C1CC1. The van der Waals surface area contributed by atoms with Crippen molar-refractivity contribution in [2.45, 2.75) is 51.5 Å². The largest absolute Gasteiger partial charge is 0.389 e. The van der Waals surface area contributed by atoms with Crippen molar-refractivity contribution in [3.63, 3.8) is 0 Å². The number of nitrogens with zero attached hydrogens (tertiary/aromatic N) is 1. The van der Waals surface area contributed by atoms with Gasteiger partial charge in [-0.25, -0.2) is 0 Å². The normalized spacial score (nSPS) is 16.9. The number of aliphatic hydroxyl groups excluding tert-OH is 1. The van der Waals surface area contributed by atoms with Crippen molar-refractivity contribution in [2.24, 2.45) is 0 Å². The third kappa shape index (κ3) is 5.41. The third-order valence-electron chi connectivity index (χ3n) is 3.43. The van der Waals surface area contributed by atoms with E-state index in [0.717, 1.165) is 11.6 Å². The molecule has 0 saturated heterocycles. The van der Waals surface area contributed by atoms with Crippen LogP contribution in [0.15, 0.2) is 24.3 Å². The number of aliphatic hydroxyl groups is 1. The second kappa shape index (κ2) is 7.41. The highest BCUT2D eigenvalue weighted by atomic mass is 35.5. The molecule has 1 aliphatic carbocycles. The fraction of sp³-hybridized carbons (Fsp3) is 0.625. The molecule has 112 valence electrons. The minimum atomic E-state index is -0.426. The van der Waals surface area contributed by atoms with Gasteiger partial charge in [0.25, 0.3) is 0 Å². The summed E-state index contributed by atoms with van der Waals surface area (Å²) in [6, 6.07) is 8.55. The molecule has 1 N–H and O–H groups in total. The van der Waals surface area contributed by atoms with Crippen molar-refractivity contribution < 1.29 is 9.84 Å². The quantitative estimate of drug-likeness (QED) is 0.800. The standard InChI is InChI=1S/C16H24ClNO2/c1-12(2)20-11-16(19)10-18(15-7-8-15)9-13-3-5-14(17)6-4-13/h3-6,12,15-16,19H,7-11H2,1-2H3. The minimum absolute atomic E-state index is 0.162. The van der Waals surface area contributed by atoms with Crippen LogP contribution in [0.25, 0.3) is 0 Å². The smallest absolute Gasteiger partial charge is 0.0900 e. The molecule has 0 aliphatic heterocycles. The maximum atomic E-state index is 10.1. The van der Waals surface area contributed by atoms with Crippen LogP contribution < -0.4 is 0 Å². The Kier molecular flexibility index (Phi) is 5.85. The molecule has 0 radical (unpaired) electrons. The first-order valence-electron chi connectivity index (χ1n) is 7.32. The maximum Gasteiger partial charge on any atom is 0.0900 e. The monoisotopic (exact) mass is 297 g/mol. The van der Waals surface area contributed by atoms with Crippen LogP contribution in [-0.2, 0) is 11.3 Å². The van der Waals surface area contributed by atoms with Crippen molar-refractivity contribution in [1.29, 1.82) is 0 Å². The Hall–Kier alpha value is -0.610. The maximum absolute atomic E-state index is 10.1. The van der Waals surface area contributed by atoms with Crippen molar-refractivity contribution in [3.05, 3.63) is 34.9 Å². The van der Waals surface area contributed by atoms with Gasteiger partial charge < -0.3 is 9.84 Å². The van der Waals surface area contributed by atoms with Crippen molar-refractivity contribution in [1.82, 2.24) is 4.90 Å². The van der Waals surface area contributed by atoms with E-state index in [1.807, 2.05) is 26.0 Å². The molecule has 1 aromatic carbocycles. The van der Waals surface area contributed by atoms with Gasteiger partial charge >= 0.3 is 0 Å². The highest BCUT2D eigenvalue weighted by Gasteiger charge is 2.30. The van der Waals surface area contributed by atoms with Gasteiger partial charge in [0.15, 0.2) is 0 Å². The predicted octanol–water partition coefficient (Wildman–Crippen LogP) is 3.09. The molecule has 1 unspecified atom stereocenters. The van der Waals surface area contributed by atoms with Crippen molar-refractivity contribution >= 4 is 11.6 Å². The van der Waals surface area contributed by atoms with E-state index in [0.29, 0.717) is 19.2 Å². The molecule has 0 bridgehead atoms. The summed E-state index contributed by atoms with van der Waals surface area (Å²) in [6.45, 7) is 5.90. The van der Waals surface area contributed by atoms with Gasteiger partial charge in [-0.05, 0) is 44.4 Å². The molecule has 0 spiro atoms. The third-order valence-corrected chi connectivity index (χ3v) is 3.68. The first-order chi connectivity index (χ1) is 9.54. The number of ether oxygens (including phenoxy) is 1. The van der Waals surface area contributed by atoms with Crippen LogP contribution in [0, 0.1) is 0 Å². The zero-order valence-electron chi connectivity index (χ0n) is 12.3. The first kappa shape index (κ1) is 15.8. The summed E-state index contributed by atoms with van der Waals surface area (Å²) in [7, 11) is 0. The summed E-state index contributed by atoms with van der Waals surface area (Å²) in [5.41, 5.74) is 1.23. The highest BCUT2D eigenvalue weighted by molar-refractivity contribution is 6.30. The van der Waals surface area contributed by atoms with Crippen LogP contribution in [0.3, 0.4) is 0 Å². The van der Waals surface area contributed by atoms with Gasteiger partial charge in [0.1, 0.15) is 0 Å². The summed E-state index contributed by atoms with van der Waals surface area (Å²) in [6.07, 6.45) is 2.19. The predicted molar refractivity (Wildman–Crippen MR) is 82.0 cm³/mol. The fourth-order valence-corrected chi connectivity index (χ4v) is 2.36. The van der Waals surface area contributed by atoms with Gasteiger partial charge in [0, 0.05) is 24.2 Å². The molecule has 3 nitrogen and oxygen atoms in total. The Balaban J connectivity index is 1.85. The van der Waals surface area contributed by atoms with Crippen molar-refractivity contribution in [2.75, 3.05) is 13.2 Å². The molecule has 0 heterocycles. The number of hydrogen-bond acceptors (Lipinski definition) is 3. The van der Waals surface area contributed by atoms with Gasteiger partial charge in [-0.1, -0.05) is 23.7 Å². The second-order valence-corrected chi connectivity index (χ2v) is 6.26. The molecule has 1 aromatic rings. The summed E-state index contributed by atoms with van der Waals surface area (Å²) >= 11 is 5.91. The zero-order chi connectivity index (χ0) is 14.5. The lowest BCUT2D eigenvalue weighted by Gasteiger charge is -2.25. The molecule has 1 atom stereocenters. The van der Waals surface area contributed by atoms with E-state index in [1.54, 1.807) is 0 Å². The molecular weight excluding hydrogens is 274 g/mol. The Morgan fingerprint density at radius 3 is 2.50 bits per heavy atom. The van der Waals surface area contributed by atoms with Crippen LogP contribution in [0.5, 0.6) is 0 Å². The average Bonchev–Trinajstić information content (AvgIpc) is 3.22. The second-order valence-electron chi connectivity index (χ2n) is 5.82. The zero-order valence-corrected chi connectivity index (χ0v) is 13.0. The number of benzene rings is 1. The minimum Gasteiger partial charge on any atom is -0.389 e. The Bertz CT molecular complexity index is 403. The highest BCUT2D eigenvalue weighted by Crippen LogP contribution is 2.28. The summed E-state index contributed by atoms with van der Waals surface area (Å²) in [5.74, 6) is 0. The van der Waals surface area contributed by atoms with Gasteiger partial charge in [-0.3, -0.25) is 4.90 Å². The Labute approximate surface area is 126 Å². The lowest BCUT2D eigenvalue weighted by Crippen LogP contribution is -2.36. The molecular formula is C16H24ClNO2. The lowest BCUT2D eigenvalue weighted by atomic mass is 10.2. The van der Waals surface area contributed by atoms with E-state index in [2.05, 4.69) is 17.0 Å². The molecule has 0 aromatic heterocycles. The molecule has 1 saturated carbocycles. The van der Waals surface area contributed by atoms with E-state index in [9.17, 15) is 5.11 Å². The number of hydrogen-bond donors (Lipinski definition) is 1. The summed E-state index contributed by atoms with van der Waals surface area (Å²) in [5, 5.41) is 10.8. The van der Waals surface area contributed by atoms with E-state index < -0.39 is 6.10 Å². The van der Waals surface area contributed by atoms with Crippen LogP contribution in [0.4, 0.5) is 0 Å². The molecule has 20 heavy (non-hydrogen) atoms. The molecule has 2 rings (SSSR count). The average molecular weight is 298 g/mol. The lowest BCUT2D eigenvalue weighted by molar-refractivity contribution is -0.0107. The molecule has 0 amide bonds. The van der Waals surface area contributed by atoms with Crippen LogP contribution in [0.1, 0.15) is 32.3 Å². The van der Waals surface area contributed by atoms with Gasteiger partial charge in [-0.15, -0.1) is 0 Å². The number of halogens is 1. The van der Waals surface area contributed by atoms with Crippen molar-refractivity contribution in [3.8, 4) is 0 Å². The van der Waals surface area contributed by atoms with Crippen LogP contribution in [-0.4, -0.2) is 41.4 Å². The van der Waals surface area contributed by atoms with Crippen LogP contribution >= 0.6 is 11.6 Å². The topological polar surface area (TPSA) is 32.7 Å². The summed E-state index contributed by atoms with van der Waals surface area (Å²) < 4.78 is 5.48.